The lowest BCUT2D eigenvalue weighted by atomic mass is 9.87. The summed E-state index contributed by atoms with van der Waals surface area (Å²) >= 11 is 0. The number of aromatic nitrogens is 3. The van der Waals surface area contributed by atoms with Gasteiger partial charge in [0.2, 0.25) is 0 Å². The van der Waals surface area contributed by atoms with Gasteiger partial charge in [0, 0.05) is 25.3 Å². The Hall–Kier alpha value is -1.88. The first kappa shape index (κ1) is 15.5. The van der Waals surface area contributed by atoms with Crippen LogP contribution in [0.3, 0.4) is 0 Å². The molecule has 1 aromatic carbocycles. The minimum absolute atomic E-state index is 0.0475. The van der Waals surface area contributed by atoms with Crippen LogP contribution in [0.5, 0.6) is 0 Å². The van der Waals surface area contributed by atoms with Gasteiger partial charge in [-0.15, -0.1) is 5.10 Å². The van der Waals surface area contributed by atoms with Crippen LogP contribution in [0, 0.1) is 5.41 Å². The largest absolute Gasteiger partial charge is 0.394 e. The number of anilines is 1. The summed E-state index contributed by atoms with van der Waals surface area (Å²) in [6, 6.07) is 8.10. The molecular formula is C16H24N4O. The van der Waals surface area contributed by atoms with Gasteiger partial charge in [0.1, 0.15) is 5.69 Å². The van der Waals surface area contributed by atoms with E-state index in [0.717, 1.165) is 16.9 Å². The summed E-state index contributed by atoms with van der Waals surface area (Å²) in [6.45, 7) is 6.30. The van der Waals surface area contributed by atoms with Gasteiger partial charge in [-0.3, -0.25) is 0 Å². The van der Waals surface area contributed by atoms with Crippen molar-refractivity contribution in [3.63, 3.8) is 0 Å². The molecule has 0 aliphatic heterocycles. The van der Waals surface area contributed by atoms with Gasteiger partial charge in [-0.05, 0) is 17.5 Å². The lowest BCUT2D eigenvalue weighted by molar-refractivity contribution is 0.125. The second-order valence-electron chi connectivity index (χ2n) is 6.59. The van der Waals surface area contributed by atoms with Crippen molar-refractivity contribution in [1.29, 1.82) is 0 Å². The maximum atomic E-state index is 9.60. The van der Waals surface area contributed by atoms with Crippen LogP contribution in [0.2, 0.25) is 0 Å². The highest BCUT2D eigenvalue weighted by atomic mass is 16.3. The van der Waals surface area contributed by atoms with Crippen LogP contribution in [0.4, 0.5) is 5.69 Å². The summed E-state index contributed by atoms with van der Waals surface area (Å²) in [7, 11) is 4.03. The molecule has 0 amide bonds. The van der Waals surface area contributed by atoms with E-state index in [9.17, 15) is 5.11 Å². The molecule has 1 atom stereocenters. The average molecular weight is 288 g/mol. The fourth-order valence-corrected chi connectivity index (χ4v) is 2.25. The van der Waals surface area contributed by atoms with E-state index in [4.69, 9.17) is 0 Å². The molecule has 0 fully saturated rings. The van der Waals surface area contributed by atoms with E-state index in [-0.39, 0.29) is 18.1 Å². The predicted octanol–water partition coefficient (Wildman–Crippen LogP) is 2.59. The number of benzene rings is 1. The third-order valence-corrected chi connectivity index (χ3v) is 3.68. The SMILES string of the molecule is CN(C)c1ccc(-c2cn([C@H](CO)C(C)(C)C)nn2)cc1. The Labute approximate surface area is 126 Å². The van der Waals surface area contributed by atoms with Crippen LogP contribution in [-0.4, -0.2) is 40.8 Å². The Balaban J connectivity index is 2.27. The number of aliphatic hydroxyl groups is 1. The van der Waals surface area contributed by atoms with Crippen molar-refractivity contribution in [2.75, 3.05) is 25.6 Å². The second-order valence-corrected chi connectivity index (χ2v) is 6.59. The normalized spacial score (nSPS) is 13.2. The monoisotopic (exact) mass is 288 g/mol. The van der Waals surface area contributed by atoms with E-state index >= 15 is 0 Å². The van der Waals surface area contributed by atoms with E-state index in [0.29, 0.717) is 0 Å². The molecule has 0 aliphatic carbocycles. The maximum absolute atomic E-state index is 9.60. The topological polar surface area (TPSA) is 54.2 Å². The highest BCUT2D eigenvalue weighted by Gasteiger charge is 2.26. The number of nitrogens with zero attached hydrogens (tertiary/aromatic N) is 4. The first-order valence-electron chi connectivity index (χ1n) is 7.13. The summed E-state index contributed by atoms with van der Waals surface area (Å²) in [6.07, 6.45) is 1.90. The smallest absolute Gasteiger partial charge is 0.113 e. The molecule has 2 rings (SSSR count). The zero-order valence-corrected chi connectivity index (χ0v) is 13.4. The standard InChI is InChI=1S/C16H24N4O/c1-16(2,3)15(11-21)20-10-14(17-18-20)12-6-8-13(9-7-12)19(4)5/h6-10,15,21H,11H2,1-5H3/t15-/m1/s1. The van der Waals surface area contributed by atoms with Crippen molar-refractivity contribution in [2.24, 2.45) is 5.41 Å². The highest BCUT2D eigenvalue weighted by molar-refractivity contribution is 5.62. The van der Waals surface area contributed by atoms with Crippen LogP contribution in [-0.2, 0) is 0 Å². The van der Waals surface area contributed by atoms with Crippen molar-refractivity contribution < 1.29 is 5.11 Å². The Morgan fingerprint density at radius 2 is 1.81 bits per heavy atom. The van der Waals surface area contributed by atoms with Crippen LogP contribution in [0.15, 0.2) is 30.5 Å². The average Bonchev–Trinajstić information content (AvgIpc) is 2.87. The fraction of sp³-hybridized carbons (Fsp3) is 0.500. The Morgan fingerprint density at radius 1 is 1.19 bits per heavy atom. The Bertz CT molecular complexity index is 581. The number of hydrogen-bond acceptors (Lipinski definition) is 4. The van der Waals surface area contributed by atoms with Crippen LogP contribution >= 0.6 is 0 Å². The lowest BCUT2D eigenvalue weighted by Crippen LogP contribution is -2.28. The summed E-state index contributed by atoms with van der Waals surface area (Å²) in [5, 5.41) is 18.0. The van der Waals surface area contributed by atoms with Crippen molar-refractivity contribution >= 4 is 5.69 Å². The molecule has 1 aromatic heterocycles. The van der Waals surface area contributed by atoms with Gasteiger partial charge in [-0.1, -0.05) is 38.1 Å². The summed E-state index contributed by atoms with van der Waals surface area (Å²) in [5.74, 6) is 0. The zero-order chi connectivity index (χ0) is 15.6. The van der Waals surface area contributed by atoms with Crippen molar-refractivity contribution in [2.45, 2.75) is 26.8 Å². The molecule has 2 aromatic rings. The van der Waals surface area contributed by atoms with Crippen molar-refractivity contribution in [3.05, 3.63) is 30.5 Å². The first-order valence-corrected chi connectivity index (χ1v) is 7.13. The molecule has 1 heterocycles. The summed E-state index contributed by atoms with van der Waals surface area (Å²) in [4.78, 5) is 2.06. The fourth-order valence-electron chi connectivity index (χ4n) is 2.25. The van der Waals surface area contributed by atoms with Crippen molar-refractivity contribution in [1.82, 2.24) is 15.0 Å². The molecule has 114 valence electrons. The van der Waals surface area contributed by atoms with E-state index in [1.807, 2.05) is 32.4 Å². The van der Waals surface area contributed by atoms with Gasteiger partial charge in [0.25, 0.3) is 0 Å². The molecule has 0 aliphatic rings. The molecule has 0 radical (unpaired) electrons. The van der Waals surface area contributed by atoms with E-state index < -0.39 is 0 Å². The molecule has 0 bridgehead atoms. The minimum atomic E-state index is -0.0835. The first-order chi connectivity index (χ1) is 9.82. The van der Waals surface area contributed by atoms with Crippen molar-refractivity contribution in [3.8, 4) is 11.3 Å². The van der Waals surface area contributed by atoms with Crippen LogP contribution < -0.4 is 4.90 Å². The van der Waals surface area contributed by atoms with Crippen LogP contribution in [0.25, 0.3) is 11.3 Å². The number of rotatable bonds is 4. The van der Waals surface area contributed by atoms with Gasteiger partial charge < -0.3 is 10.0 Å². The second kappa shape index (κ2) is 5.85. The molecule has 0 unspecified atom stereocenters. The Morgan fingerprint density at radius 3 is 2.29 bits per heavy atom. The van der Waals surface area contributed by atoms with Gasteiger partial charge in [-0.25, -0.2) is 4.68 Å². The summed E-state index contributed by atoms with van der Waals surface area (Å²) in [5.41, 5.74) is 2.92. The van der Waals surface area contributed by atoms with E-state index in [2.05, 4.69) is 48.1 Å². The quantitative estimate of drug-likeness (QED) is 0.939. The lowest BCUT2D eigenvalue weighted by Gasteiger charge is -2.28. The minimum Gasteiger partial charge on any atom is -0.394 e. The molecule has 21 heavy (non-hydrogen) atoms. The number of aliphatic hydroxyl groups excluding tert-OH is 1. The molecule has 0 saturated heterocycles. The Kier molecular flexibility index (Phi) is 4.32. The summed E-state index contributed by atoms with van der Waals surface area (Å²) < 4.78 is 1.76. The third-order valence-electron chi connectivity index (χ3n) is 3.68. The van der Waals surface area contributed by atoms with Gasteiger partial charge in [0.05, 0.1) is 18.8 Å². The number of hydrogen-bond donors (Lipinski definition) is 1. The molecular weight excluding hydrogens is 264 g/mol. The van der Waals surface area contributed by atoms with E-state index in [1.165, 1.54) is 0 Å². The zero-order valence-electron chi connectivity index (χ0n) is 13.4. The predicted molar refractivity (Wildman–Crippen MR) is 85.4 cm³/mol. The van der Waals surface area contributed by atoms with Gasteiger partial charge in [-0.2, -0.15) is 0 Å². The van der Waals surface area contributed by atoms with Gasteiger partial charge in [0.15, 0.2) is 0 Å². The molecule has 5 nitrogen and oxygen atoms in total. The molecule has 5 heteroatoms. The van der Waals surface area contributed by atoms with E-state index in [1.54, 1.807) is 4.68 Å². The van der Waals surface area contributed by atoms with Gasteiger partial charge >= 0.3 is 0 Å². The molecule has 0 saturated carbocycles. The maximum Gasteiger partial charge on any atom is 0.113 e. The highest BCUT2D eigenvalue weighted by Crippen LogP contribution is 2.30. The third kappa shape index (κ3) is 3.42. The molecule has 0 spiro atoms. The molecule has 1 N–H and O–H groups in total. The van der Waals surface area contributed by atoms with Crippen LogP contribution in [0.1, 0.15) is 26.8 Å².